The number of aryl methyl sites for hydroxylation is 1. The van der Waals surface area contributed by atoms with E-state index < -0.39 is 0 Å². The Morgan fingerprint density at radius 1 is 1.44 bits per heavy atom. The Morgan fingerprint density at radius 3 is 2.94 bits per heavy atom. The first-order valence-corrected chi connectivity index (χ1v) is 5.47. The van der Waals surface area contributed by atoms with E-state index in [0.717, 1.165) is 17.6 Å². The molecular weight excluding hydrogens is 196 g/mol. The van der Waals surface area contributed by atoms with Gasteiger partial charge in [-0.3, -0.25) is 5.41 Å². The molecule has 16 heavy (non-hydrogen) atoms. The van der Waals surface area contributed by atoms with Crippen LogP contribution in [0.4, 0.5) is 0 Å². The average Bonchev–Trinajstić information content (AvgIpc) is 2.29. The maximum atomic E-state index is 8.17. The summed E-state index contributed by atoms with van der Waals surface area (Å²) >= 11 is 0. The van der Waals surface area contributed by atoms with E-state index in [4.69, 9.17) is 11.1 Å². The number of hydrogen-bond donors (Lipinski definition) is 2. The van der Waals surface area contributed by atoms with Crippen molar-refractivity contribution in [1.82, 2.24) is 0 Å². The highest BCUT2D eigenvalue weighted by atomic mass is 14.6. The second kappa shape index (κ2) is 4.45. The maximum Gasteiger partial charge on any atom is 0.0660 e. The fourth-order valence-corrected chi connectivity index (χ4v) is 1.88. The van der Waals surface area contributed by atoms with Gasteiger partial charge in [-0.1, -0.05) is 42.0 Å². The summed E-state index contributed by atoms with van der Waals surface area (Å²) in [6.07, 6.45) is 6.78. The molecule has 1 aromatic carbocycles. The van der Waals surface area contributed by atoms with E-state index in [1.54, 1.807) is 0 Å². The zero-order valence-corrected chi connectivity index (χ0v) is 9.40. The molecular formula is C14H16N2. The van der Waals surface area contributed by atoms with Crippen molar-refractivity contribution in [1.29, 1.82) is 5.41 Å². The van der Waals surface area contributed by atoms with Gasteiger partial charge in [0.1, 0.15) is 0 Å². The quantitative estimate of drug-likeness (QED) is 0.727. The Balaban J connectivity index is 2.32. The first-order valence-electron chi connectivity index (χ1n) is 5.47. The summed E-state index contributed by atoms with van der Waals surface area (Å²) in [4.78, 5) is 0. The van der Waals surface area contributed by atoms with Crippen LogP contribution < -0.4 is 5.73 Å². The Bertz CT molecular complexity index is 469. The van der Waals surface area contributed by atoms with E-state index in [1.165, 1.54) is 5.56 Å². The minimum Gasteiger partial charge on any atom is -0.324 e. The Labute approximate surface area is 96.0 Å². The molecule has 0 spiro atoms. The van der Waals surface area contributed by atoms with Gasteiger partial charge >= 0.3 is 0 Å². The molecule has 0 fully saturated rings. The van der Waals surface area contributed by atoms with E-state index in [9.17, 15) is 0 Å². The summed E-state index contributed by atoms with van der Waals surface area (Å²) in [5.74, 6) is 0. The molecule has 0 heterocycles. The summed E-state index contributed by atoms with van der Waals surface area (Å²) in [5, 5.41) is 8.17. The topological polar surface area (TPSA) is 49.9 Å². The fourth-order valence-electron chi connectivity index (χ4n) is 1.88. The van der Waals surface area contributed by atoms with Crippen molar-refractivity contribution in [2.24, 2.45) is 5.73 Å². The van der Waals surface area contributed by atoms with E-state index in [1.807, 2.05) is 49.4 Å². The molecule has 0 saturated heterocycles. The highest BCUT2D eigenvalue weighted by molar-refractivity contribution is 6.11. The standard InChI is InChI=1S/C14H16N2/c1-10-5-4-6-11(9-10)14(16)12-7-2-3-8-13(12)15/h2-7,9,13,16H,8,15H2,1H3. The minimum absolute atomic E-state index is 0.0435. The lowest BCUT2D eigenvalue weighted by Gasteiger charge is -2.18. The third-order valence-corrected chi connectivity index (χ3v) is 2.80. The molecule has 0 amide bonds. The number of nitrogens with one attached hydrogen (secondary N) is 1. The lowest BCUT2D eigenvalue weighted by Crippen LogP contribution is -2.28. The predicted octanol–water partition coefficient (Wildman–Crippen LogP) is 2.58. The van der Waals surface area contributed by atoms with Gasteiger partial charge in [-0.15, -0.1) is 0 Å². The van der Waals surface area contributed by atoms with Crippen LogP contribution in [0.2, 0.25) is 0 Å². The van der Waals surface area contributed by atoms with Gasteiger partial charge in [-0.05, 0) is 30.5 Å². The molecule has 0 aliphatic heterocycles. The van der Waals surface area contributed by atoms with E-state index in [0.29, 0.717) is 5.71 Å². The lowest BCUT2D eigenvalue weighted by molar-refractivity contribution is 0.801. The molecule has 2 nitrogen and oxygen atoms in total. The van der Waals surface area contributed by atoms with Crippen molar-refractivity contribution in [2.45, 2.75) is 19.4 Å². The molecule has 82 valence electrons. The second-order valence-electron chi connectivity index (χ2n) is 4.14. The van der Waals surface area contributed by atoms with Crippen LogP contribution in [-0.4, -0.2) is 11.8 Å². The van der Waals surface area contributed by atoms with Gasteiger partial charge in [-0.2, -0.15) is 0 Å². The third-order valence-electron chi connectivity index (χ3n) is 2.80. The summed E-state index contributed by atoms with van der Waals surface area (Å²) in [7, 11) is 0. The van der Waals surface area contributed by atoms with Crippen LogP contribution in [0.3, 0.4) is 0 Å². The first kappa shape index (κ1) is 10.8. The minimum atomic E-state index is -0.0435. The number of hydrogen-bond acceptors (Lipinski definition) is 2. The predicted molar refractivity (Wildman–Crippen MR) is 67.8 cm³/mol. The fraction of sp³-hybridized carbons (Fsp3) is 0.214. The SMILES string of the molecule is Cc1cccc(C(=N)C2=CC=CCC2N)c1. The summed E-state index contributed by atoms with van der Waals surface area (Å²) < 4.78 is 0. The third kappa shape index (κ3) is 2.12. The van der Waals surface area contributed by atoms with Crippen molar-refractivity contribution in [2.75, 3.05) is 0 Å². The van der Waals surface area contributed by atoms with Crippen molar-refractivity contribution in [3.05, 3.63) is 59.2 Å². The van der Waals surface area contributed by atoms with Gasteiger partial charge in [0.25, 0.3) is 0 Å². The molecule has 0 saturated carbocycles. The number of allylic oxidation sites excluding steroid dienone is 2. The van der Waals surface area contributed by atoms with Gasteiger partial charge in [0.2, 0.25) is 0 Å². The number of rotatable bonds is 2. The Morgan fingerprint density at radius 2 is 2.25 bits per heavy atom. The second-order valence-corrected chi connectivity index (χ2v) is 4.14. The molecule has 1 unspecified atom stereocenters. The molecule has 0 aromatic heterocycles. The maximum absolute atomic E-state index is 8.17. The summed E-state index contributed by atoms with van der Waals surface area (Å²) in [6, 6.07) is 7.95. The molecule has 3 N–H and O–H groups in total. The molecule has 1 aromatic rings. The largest absolute Gasteiger partial charge is 0.324 e. The van der Waals surface area contributed by atoms with Gasteiger partial charge in [0.05, 0.1) is 5.71 Å². The van der Waals surface area contributed by atoms with Crippen LogP contribution >= 0.6 is 0 Å². The van der Waals surface area contributed by atoms with Crippen LogP contribution in [0.1, 0.15) is 17.5 Å². The number of benzene rings is 1. The van der Waals surface area contributed by atoms with Gasteiger partial charge in [0.15, 0.2) is 0 Å². The lowest BCUT2D eigenvalue weighted by atomic mass is 9.91. The normalized spacial score (nSPS) is 19.4. The summed E-state index contributed by atoms with van der Waals surface area (Å²) in [6.45, 7) is 2.03. The van der Waals surface area contributed by atoms with E-state index in [2.05, 4.69) is 0 Å². The molecule has 1 atom stereocenters. The van der Waals surface area contributed by atoms with Gasteiger partial charge in [0, 0.05) is 6.04 Å². The summed E-state index contributed by atoms with van der Waals surface area (Å²) in [5.41, 5.74) is 9.57. The van der Waals surface area contributed by atoms with Crippen LogP contribution in [0.25, 0.3) is 0 Å². The molecule has 2 rings (SSSR count). The van der Waals surface area contributed by atoms with Crippen LogP contribution in [0.15, 0.2) is 48.1 Å². The Kier molecular flexibility index (Phi) is 3.02. The highest BCUT2D eigenvalue weighted by Crippen LogP contribution is 2.17. The van der Waals surface area contributed by atoms with Gasteiger partial charge in [-0.25, -0.2) is 0 Å². The van der Waals surface area contributed by atoms with Crippen molar-refractivity contribution in [3.8, 4) is 0 Å². The molecule has 2 heteroatoms. The molecule has 0 radical (unpaired) electrons. The van der Waals surface area contributed by atoms with Crippen LogP contribution in [0, 0.1) is 12.3 Å². The van der Waals surface area contributed by atoms with E-state index in [-0.39, 0.29) is 6.04 Å². The monoisotopic (exact) mass is 212 g/mol. The first-order chi connectivity index (χ1) is 7.68. The smallest absolute Gasteiger partial charge is 0.0660 e. The van der Waals surface area contributed by atoms with Crippen LogP contribution in [0.5, 0.6) is 0 Å². The zero-order valence-electron chi connectivity index (χ0n) is 9.40. The van der Waals surface area contributed by atoms with Crippen molar-refractivity contribution >= 4 is 5.71 Å². The van der Waals surface area contributed by atoms with Gasteiger partial charge < -0.3 is 5.73 Å². The van der Waals surface area contributed by atoms with E-state index >= 15 is 0 Å². The van der Waals surface area contributed by atoms with Crippen LogP contribution in [-0.2, 0) is 0 Å². The zero-order chi connectivity index (χ0) is 11.5. The Hall–Kier alpha value is -1.67. The molecule has 1 aliphatic carbocycles. The van der Waals surface area contributed by atoms with Crippen molar-refractivity contribution < 1.29 is 0 Å². The number of nitrogens with two attached hydrogens (primary N) is 1. The van der Waals surface area contributed by atoms with Crippen molar-refractivity contribution in [3.63, 3.8) is 0 Å². The average molecular weight is 212 g/mol. The highest BCUT2D eigenvalue weighted by Gasteiger charge is 2.16. The molecule has 1 aliphatic rings. The molecule has 0 bridgehead atoms.